The molecule has 4 nitrogen and oxygen atoms in total. The molecule has 0 aliphatic rings. The lowest BCUT2D eigenvalue weighted by Crippen LogP contribution is -2.13. The van der Waals surface area contributed by atoms with Crippen molar-refractivity contribution in [1.29, 1.82) is 0 Å². The number of anilines is 1. The molecule has 0 aliphatic heterocycles. The molecule has 0 aromatic heterocycles. The predicted molar refractivity (Wildman–Crippen MR) is 108 cm³/mol. The van der Waals surface area contributed by atoms with Crippen LogP contribution < -0.4 is 14.8 Å². The maximum atomic E-state index is 13.7. The molecule has 3 aromatic rings. The maximum absolute atomic E-state index is 13.7. The van der Waals surface area contributed by atoms with Crippen molar-refractivity contribution in [2.24, 2.45) is 0 Å². The molecule has 144 valence electrons. The van der Waals surface area contributed by atoms with Gasteiger partial charge in [-0.05, 0) is 48.4 Å². The Kier molecular flexibility index (Phi) is 6.50. The maximum Gasteiger partial charge on any atom is 0.224 e. The van der Waals surface area contributed by atoms with Gasteiger partial charge in [0.25, 0.3) is 0 Å². The van der Waals surface area contributed by atoms with Crippen molar-refractivity contribution in [2.75, 3.05) is 12.4 Å². The number of carbonyl (C=O) groups is 1. The van der Waals surface area contributed by atoms with Gasteiger partial charge in [-0.2, -0.15) is 0 Å². The smallest absolute Gasteiger partial charge is 0.224 e. The Morgan fingerprint density at radius 3 is 2.46 bits per heavy atom. The van der Waals surface area contributed by atoms with Crippen molar-refractivity contribution in [2.45, 2.75) is 12.8 Å². The molecule has 0 bridgehead atoms. The molecule has 0 spiro atoms. The van der Waals surface area contributed by atoms with Gasteiger partial charge in [-0.1, -0.05) is 41.9 Å². The number of halogens is 2. The second kappa shape index (κ2) is 9.24. The highest BCUT2D eigenvalue weighted by molar-refractivity contribution is 6.31. The Labute approximate surface area is 167 Å². The van der Waals surface area contributed by atoms with Crippen LogP contribution in [0.25, 0.3) is 0 Å². The molecule has 28 heavy (non-hydrogen) atoms. The molecule has 0 heterocycles. The predicted octanol–water partition coefficient (Wildman–Crippen LogP) is 5.85. The summed E-state index contributed by atoms with van der Waals surface area (Å²) >= 11 is 6.07. The number of aryl methyl sites for hydroxylation is 1. The molecule has 0 saturated heterocycles. The fraction of sp³-hybridized carbons (Fsp3) is 0.136. The molecule has 3 rings (SSSR count). The fourth-order valence-corrected chi connectivity index (χ4v) is 2.84. The van der Waals surface area contributed by atoms with Crippen LogP contribution in [0.4, 0.5) is 10.1 Å². The average Bonchev–Trinajstić information content (AvgIpc) is 2.70. The number of amides is 1. The first-order valence-electron chi connectivity index (χ1n) is 8.70. The van der Waals surface area contributed by atoms with E-state index in [0.29, 0.717) is 39.9 Å². The third kappa shape index (κ3) is 5.02. The number of carbonyl (C=O) groups excluding carboxylic acids is 1. The minimum atomic E-state index is -0.321. The van der Waals surface area contributed by atoms with Gasteiger partial charge in [-0.25, -0.2) is 4.39 Å². The Balaban J connectivity index is 1.73. The van der Waals surface area contributed by atoms with Crippen LogP contribution >= 0.6 is 11.6 Å². The van der Waals surface area contributed by atoms with Crippen LogP contribution in [0.15, 0.2) is 66.7 Å². The molecule has 0 unspecified atom stereocenters. The molecule has 0 aliphatic carbocycles. The number of hydrogen-bond acceptors (Lipinski definition) is 3. The summed E-state index contributed by atoms with van der Waals surface area (Å²) in [6, 6.07) is 18.5. The van der Waals surface area contributed by atoms with Gasteiger partial charge in [0, 0.05) is 11.4 Å². The Morgan fingerprint density at radius 1 is 1.00 bits per heavy atom. The second-order valence-corrected chi connectivity index (χ2v) is 6.47. The SMILES string of the molecule is COc1ccccc1Oc1ccc(Cl)cc1NC(=O)CCc1ccccc1F. The third-order valence-corrected chi connectivity index (χ3v) is 4.32. The number of para-hydroxylation sites is 2. The highest BCUT2D eigenvalue weighted by Crippen LogP contribution is 2.36. The molecule has 0 saturated carbocycles. The highest BCUT2D eigenvalue weighted by atomic mass is 35.5. The van der Waals surface area contributed by atoms with E-state index < -0.39 is 0 Å². The Bertz CT molecular complexity index is 978. The van der Waals surface area contributed by atoms with E-state index in [1.807, 2.05) is 12.1 Å². The van der Waals surface area contributed by atoms with Gasteiger partial charge in [0.15, 0.2) is 17.2 Å². The van der Waals surface area contributed by atoms with Crippen molar-refractivity contribution >= 4 is 23.2 Å². The minimum absolute atomic E-state index is 0.127. The summed E-state index contributed by atoms with van der Waals surface area (Å²) in [5, 5.41) is 3.24. The summed E-state index contributed by atoms with van der Waals surface area (Å²) < 4.78 is 24.9. The van der Waals surface area contributed by atoms with Gasteiger partial charge in [-0.3, -0.25) is 4.79 Å². The number of ether oxygens (including phenoxy) is 2. The molecule has 6 heteroatoms. The van der Waals surface area contributed by atoms with Gasteiger partial charge >= 0.3 is 0 Å². The van der Waals surface area contributed by atoms with Crippen molar-refractivity contribution in [3.8, 4) is 17.2 Å². The standard InChI is InChI=1S/C22H19ClFNO3/c1-27-20-8-4-5-9-21(20)28-19-12-11-16(23)14-18(19)25-22(26)13-10-15-6-2-3-7-17(15)24/h2-9,11-12,14H,10,13H2,1H3,(H,25,26). The summed E-state index contributed by atoms with van der Waals surface area (Å²) in [6.45, 7) is 0. The lowest BCUT2D eigenvalue weighted by atomic mass is 10.1. The van der Waals surface area contributed by atoms with Crippen LogP contribution in [0.2, 0.25) is 5.02 Å². The lowest BCUT2D eigenvalue weighted by Gasteiger charge is -2.14. The van der Waals surface area contributed by atoms with Gasteiger partial charge in [0.1, 0.15) is 5.82 Å². The first-order valence-corrected chi connectivity index (χ1v) is 9.08. The zero-order chi connectivity index (χ0) is 19.9. The fourth-order valence-electron chi connectivity index (χ4n) is 2.67. The van der Waals surface area contributed by atoms with Crippen LogP contribution in [0.3, 0.4) is 0 Å². The van der Waals surface area contributed by atoms with Crippen LogP contribution in [-0.4, -0.2) is 13.0 Å². The van der Waals surface area contributed by atoms with E-state index in [2.05, 4.69) is 5.32 Å². The van der Waals surface area contributed by atoms with Crippen molar-refractivity contribution < 1.29 is 18.7 Å². The molecule has 0 radical (unpaired) electrons. The Morgan fingerprint density at radius 2 is 1.71 bits per heavy atom. The number of rotatable bonds is 7. The topological polar surface area (TPSA) is 47.6 Å². The molecule has 1 amide bonds. The largest absolute Gasteiger partial charge is 0.493 e. The average molecular weight is 400 g/mol. The van der Waals surface area contributed by atoms with E-state index in [0.717, 1.165) is 0 Å². The van der Waals surface area contributed by atoms with Crippen molar-refractivity contribution in [3.05, 3.63) is 83.1 Å². The van der Waals surface area contributed by atoms with E-state index in [1.165, 1.54) is 6.07 Å². The van der Waals surface area contributed by atoms with Crippen LogP contribution in [0.5, 0.6) is 17.2 Å². The summed E-state index contributed by atoms with van der Waals surface area (Å²) in [6.07, 6.45) is 0.420. The van der Waals surface area contributed by atoms with E-state index >= 15 is 0 Å². The highest BCUT2D eigenvalue weighted by Gasteiger charge is 2.13. The van der Waals surface area contributed by atoms with E-state index in [-0.39, 0.29) is 18.1 Å². The third-order valence-electron chi connectivity index (χ3n) is 4.08. The molecule has 3 aromatic carbocycles. The quantitative estimate of drug-likeness (QED) is 0.542. The number of hydrogen-bond donors (Lipinski definition) is 1. The zero-order valence-electron chi connectivity index (χ0n) is 15.2. The second-order valence-electron chi connectivity index (χ2n) is 6.03. The lowest BCUT2D eigenvalue weighted by molar-refractivity contribution is -0.116. The monoisotopic (exact) mass is 399 g/mol. The molecular formula is C22H19ClFNO3. The number of nitrogens with one attached hydrogen (secondary N) is 1. The summed E-state index contributed by atoms with van der Waals surface area (Å²) in [4.78, 5) is 12.4. The van der Waals surface area contributed by atoms with Crippen LogP contribution in [-0.2, 0) is 11.2 Å². The molecular weight excluding hydrogens is 381 g/mol. The minimum Gasteiger partial charge on any atom is -0.493 e. The van der Waals surface area contributed by atoms with Gasteiger partial charge in [-0.15, -0.1) is 0 Å². The van der Waals surface area contributed by atoms with E-state index in [1.54, 1.807) is 55.6 Å². The van der Waals surface area contributed by atoms with E-state index in [4.69, 9.17) is 21.1 Å². The summed E-state index contributed by atoms with van der Waals surface area (Å²) in [5.41, 5.74) is 0.922. The first kappa shape index (κ1) is 19.7. The first-order chi connectivity index (χ1) is 13.6. The summed E-state index contributed by atoms with van der Waals surface area (Å²) in [7, 11) is 1.55. The number of benzene rings is 3. The van der Waals surface area contributed by atoms with Crippen LogP contribution in [0.1, 0.15) is 12.0 Å². The van der Waals surface area contributed by atoms with Gasteiger partial charge < -0.3 is 14.8 Å². The normalized spacial score (nSPS) is 10.4. The Hall–Kier alpha value is -3.05. The van der Waals surface area contributed by atoms with Crippen molar-refractivity contribution in [1.82, 2.24) is 0 Å². The molecule has 0 fully saturated rings. The molecule has 1 N–H and O–H groups in total. The van der Waals surface area contributed by atoms with Gasteiger partial charge in [0.2, 0.25) is 5.91 Å². The number of methoxy groups -OCH3 is 1. The summed E-state index contributed by atoms with van der Waals surface area (Å²) in [5.74, 6) is 0.908. The van der Waals surface area contributed by atoms with E-state index in [9.17, 15) is 9.18 Å². The van der Waals surface area contributed by atoms with Crippen LogP contribution in [0, 0.1) is 5.82 Å². The van der Waals surface area contributed by atoms with Gasteiger partial charge in [0.05, 0.1) is 12.8 Å². The zero-order valence-corrected chi connectivity index (χ0v) is 16.0. The molecule has 0 atom stereocenters. The van der Waals surface area contributed by atoms with Crippen molar-refractivity contribution in [3.63, 3.8) is 0 Å².